The van der Waals surface area contributed by atoms with E-state index in [0.29, 0.717) is 18.3 Å². The number of aromatic nitrogens is 2. The van der Waals surface area contributed by atoms with E-state index in [2.05, 4.69) is 54.3 Å². The maximum atomic E-state index is 10.9. The average Bonchev–Trinajstić information content (AvgIpc) is 3.24. The Morgan fingerprint density at radius 3 is 2.30 bits per heavy atom. The lowest BCUT2D eigenvalue weighted by atomic mass is 9.95. The molecule has 4 aromatic rings. The molecule has 0 aliphatic rings. The lowest BCUT2D eigenvalue weighted by Gasteiger charge is -2.14. The van der Waals surface area contributed by atoms with Crippen molar-refractivity contribution < 1.29 is 14.4 Å². The van der Waals surface area contributed by atoms with Crippen LogP contribution in [-0.2, 0) is 11.3 Å². The number of aliphatic carboxylic acids is 1. The van der Waals surface area contributed by atoms with Crippen LogP contribution in [-0.4, -0.2) is 39.7 Å². The van der Waals surface area contributed by atoms with Gasteiger partial charge in [0, 0.05) is 17.7 Å². The highest BCUT2D eigenvalue weighted by atomic mass is 16.5. The summed E-state index contributed by atoms with van der Waals surface area (Å²) >= 11 is 0. The molecule has 1 N–H and O–H groups in total. The minimum absolute atomic E-state index is 0.00293. The maximum Gasteiger partial charge on any atom is 0.317 e. The summed E-state index contributed by atoms with van der Waals surface area (Å²) in [5.74, 6) is 0.176. The van der Waals surface area contributed by atoms with E-state index in [-0.39, 0.29) is 6.54 Å². The zero-order chi connectivity index (χ0) is 23.5. The Labute approximate surface area is 193 Å². The topological polar surface area (TPSA) is 79.5 Å². The first-order chi connectivity index (χ1) is 15.8. The molecule has 1 heterocycles. The van der Waals surface area contributed by atoms with Gasteiger partial charge in [0.1, 0.15) is 0 Å². The van der Waals surface area contributed by atoms with Crippen LogP contribution in [0, 0.1) is 20.8 Å². The molecule has 0 fully saturated rings. The molecule has 0 unspecified atom stereocenters. The molecule has 6 heteroatoms. The van der Waals surface area contributed by atoms with Gasteiger partial charge >= 0.3 is 5.97 Å². The number of hydrogen-bond acceptors (Lipinski definition) is 5. The lowest BCUT2D eigenvalue weighted by Crippen LogP contribution is -2.25. The average molecular weight is 442 g/mol. The van der Waals surface area contributed by atoms with E-state index in [1.165, 1.54) is 16.7 Å². The minimum atomic E-state index is -0.840. The molecule has 33 heavy (non-hydrogen) atoms. The van der Waals surface area contributed by atoms with E-state index in [9.17, 15) is 4.79 Å². The third-order valence-corrected chi connectivity index (χ3v) is 5.72. The third kappa shape index (κ3) is 5.02. The van der Waals surface area contributed by atoms with Crippen molar-refractivity contribution in [1.29, 1.82) is 0 Å². The van der Waals surface area contributed by atoms with Crippen LogP contribution in [0.5, 0.6) is 0 Å². The van der Waals surface area contributed by atoms with Gasteiger partial charge < -0.3 is 9.63 Å². The van der Waals surface area contributed by atoms with Crippen LogP contribution in [0.1, 0.15) is 22.3 Å². The molecule has 0 atom stereocenters. The van der Waals surface area contributed by atoms with Crippen LogP contribution < -0.4 is 0 Å². The fourth-order valence-electron chi connectivity index (χ4n) is 4.10. The Balaban J connectivity index is 1.56. The second-order valence-electron chi connectivity index (χ2n) is 8.48. The number of nitrogens with zero attached hydrogens (tertiary/aromatic N) is 3. The number of aryl methyl sites for hydroxylation is 3. The molecule has 0 aliphatic heterocycles. The molecule has 6 nitrogen and oxygen atoms in total. The van der Waals surface area contributed by atoms with Gasteiger partial charge in [0.25, 0.3) is 5.89 Å². The van der Waals surface area contributed by atoms with Crippen molar-refractivity contribution in [2.75, 3.05) is 13.6 Å². The monoisotopic (exact) mass is 441 g/mol. The first-order valence-corrected chi connectivity index (χ1v) is 10.8. The van der Waals surface area contributed by atoms with Gasteiger partial charge in [0.2, 0.25) is 5.82 Å². The van der Waals surface area contributed by atoms with Crippen molar-refractivity contribution in [2.45, 2.75) is 27.3 Å². The van der Waals surface area contributed by atoms with Crippen molar-refractivity contribution in [3.05, 3.63) is 82.9 Å². The molecular formula is C27H27N3O3. The zero-order valence-corrected chi connectivity index (χ0v) is 19.3. The number of carboxylic acid groups (broad SMARTS) is 1. The van der Waals surface area contributed by atoms with E-state index in [1.54, 1.807) is 11.9 Å². The van der Waals surface area contributed by atoms with Gasteiger partial charge in [-0.3, -0.25) is 9.69 Å². The number of rotatable bonds is 7. The maximum absolute atomic E-state index is 10.9. The Bertz CT molecular complexity index is 1310. The third-order valence-electron chi connectivity index (χ3n) is 5.72. The van der Waals surface area contributed by atoms with E-state index in [4.69, 9.17) is 9.63 Å². The van der Waals surface area contributed by atoms with Crippen LogP contribution in [0.3, 0.4) is 0 Å². The first-order valence-electron chi connectivity index (χ1n) is 10.8. The smallest absolute Gasteiger partial charge is 0.317 e. The van der Waals surface area contributed by atoms with E-state index in [1.807, 2.05) is 37.3 Å². The predicted molar refractivity (Wildman–Crippen MR) is 129 cm³/mol. The molecule has 0 amide bonds. The molecule has 3 aromatic carbocycles. The SMILES string of the molecule is Cc1cc(CN(C)CC(=O)O)ccc1-c1noc(-c2ccc(-c3ccccc3C)c(C)c2)n1. The van der Waals surface area contributed by atoms with Crippen molar-refractivity contribution in [3.63, 3.8) is 0 Å². The number of carbonyl (C=O) groups is 1. The molecule has 1 aromatic heterocycles. The Kier molecular flexibility index (Phi) is 6.38. The van der Waals surface area contributed by atoms with Crippen molar-refractivity contribution >= 4 is 5.97 Å². The first kappa shape index (κ1) is 22.4. The molecular weight excluding hydrogens is 414 g/mol. The zero-order valence-electron chi connectivity index (χ0n) is 19.3. The van der Waals surface area contributed by atoms with Crippen molar-refractivity contribution in [1.82, 2.24) is 15.0 Å². The minimum Gasteiger partial charge on any atom is -0.480 e. The predicted octanol–water partition coefficient (Wildman–Crippen LogP) is 5.51. The summed E-state index contributed by atoms with van der Waals surface area (Å²) in [6, 6.07) is 20.5. The highest BCUT2D eigenvalue weighted by Gasteiger charge is 2.15. The molecule has 0 bridgehead atoms. The Morgan fingerprint density at radius 1 is 0.909 bits per heavy atom. The number of likely N-dealkylation sites (N-methyl/N-ethyl adjacent to an activating group) is 1. The van der Waals surface area contributed by atoms with Gasteiger partial charge in [0.15, 0.2) is 0 Å². The van der Waals surface area contributed by atoms with E-state index < -0.39 is 5.97 Å². The van der Waals surface area contributed by atoms with Gasteiger partial charge in [-0.05, 0) is 73.3 Å². The molecule has 0 saturated carbocycles. The molecule has 168 valence electrons. The van der Waals surface area contributed by atoms with Gasteiger partial charge in [-0.15, -0.1) is 0 Å². The van der Waals surface area contributed by atoms with Gasteiger partial charge in [-0.1, -0.05) is 53.7 Å². The Morgan fingerprint density at radius 2 is 1.61 bits per heavy atom. The largest absolute Gasteiger partial charge is 0.480 e. The lowest BCUT2D eigenvalue weighted by molar-refractivity contribution is -0.138. The summed E-state index contributed by atoms with van der Waals surface area (Å²) < 4.78 is 5.59. The van der Waals surface area contributed by atoms with Crippen LogP contribution in [0.25, 0.3) is 34.0 Å². The highest BCUT2D eigenvalue weighted by Crippen LogP contribution is 2.31. The molecule has 0 spiro atoms. The summed E-state index contributed by atoms with van der Waals surface area (Å²) in [5, 5.41) is 13.1. The second-order valence-corrected chi connectivity index (χ2v) is 8.48. The Hall–Kier alpha value is -3.77. The van der Waals surface area contributed by atoms with Gasteiger partial charge in [0.05, 0.1) is 6.54 Å². The normalized spacial score (nSPS) is 11.2. The number of hydrogen-bond donors (Lipinski definition) is 1. The van der Waals surface area contributed by atoms with Crippen LogP contribution in [0.15, 0.2) is 65.2 Å². The van der Waals surface area contributed by atoms with Crippen molar-refractivity contribution in [2.24, 2.45) is 0 Å². The fourth-order valence-corrected chi connectivity index (χ4v) is 4.10. The van der Waals surface area contributed by atoms with Crippen LogP contribution in [0.2, 0.25) is 0 Å². The second kappa shape index (κ2) is 9.38. The standard InChI is InChI=1S/C27H27N3O3/c1-17-7-5-6-8-22(17)23-12-10-21(14-19(23)3)27-28-26(29-33-27)24-11-9-20(13-18(24)2)15-30(4)16-25(31)32/h5-14H,15-16H2,1-4H3,(H,31,32). The fraction of sp³-hybridized carbons (Fsp3) is 0.222. The number of carboxylic acids is 1. The van der Waals surface area contributed by atoms with Crippen LogP contribution in [0.4, 0.5) is 0 Å². The summed E-state index contributed by atoms with van der Waals surface area (Å²) in [5.41, 5.74) is 8.61. The summed E-state index contributed by atoms with van der Waals surface area (Å²) in [7, 11) is 1.79. The summed E-state index contributed by atoms with van der Waals surface area (Å²) in [6.07, 6.45) is 0. The number of benzene rings is 3. The molecule has 4 rings (SSSR count). The van der Waals surface area contributed by atoms with E-state index >= 15 is 0 Å². The summed E-state index contributed by atoms with van der Waals surface area (Å²) in [4.78, 5) is 17.3. The van der Waals surface area contributed by atoms with Gasteiger partial charge in [-0.2, -0.15) is 4.98 Å². The van der Waals surface area contributed by atoms with E-state index in [0.717, 1.165) is 27.8 Å². The molecule has 0 saturated heterocycles. The van der Waals surface area contributed by atoms with Crippen molar-refractivity contribution in [3.8, 4) is 34.0 Å². The molecule has 0 aliphatic carbocycles. The quantitative estimate of drug-likeness (QED) is 0.407. The van der Waals surface area contributed by atoms with Gasteiger partial charge in [-0.25, -0.2) is 0 Å². The van der Waals surface area contributed by atoms with Crippen LogP contribution >= 0.6 is 0 Å². The highest BCUT2D eigenvalue weighted by molar-refractivity contribution is 5.74. The molecule has 0 radical (unpaired) electrons. The summed E-state index contributed by atoms with van der Waals surface area (Å²) in [6.45, 7) is 6.75.